The van der Waals surface area contributed by atoms with E-state index in [1.54, 1.807) is 4.98 Å². The molecule has 0 bridgehead atoms. The number of nitrogens with zero attached hydrogens (tertiary/aromatic N) is 1. The fraction of sp³-hybridized carbons (Fsp3) is 0.556. The van der Waals surface area contributed by atoms with Gasteiger partial charge in [0.25, 0.3) is 11.2 Å². The number of hydrogen-bond acceptors (Lipinski definition) is 9. The number of alkyl halides is 4. The first-order valence-corrected chi connectivity index (χ1v) is 12.3. The Morgan fingerprint density at radius 1 is 1.19 bits per heavy atom. The minimum atomic E-state index is -6.03. The lowest BCUT2D eigenvalue weighted by Crippen LogP contribution is -2.46. The molecule has 14 nitrogen and oxygen atoms in total. The van der Waals surface area contributed by atoms with Crippen molar-refractivity contribution in [2.24, 2.45) is 0 Å². The van der Waals surface area contributed by atoms with Crippen LogP contribution in [0.25, 0.3) is 0 Å². The zero-order valence-electron chi connectivity index (χ0n) is 14.6. The van der Waals surface area contributed by atoms with Crippen molar-refractivity contribution < 1.29 is 73.1 Å². The SMILES string of the molecule is O=c1[nH]c(=S)n([C@@H]2O[C@H](OP(=O)(O)OP(=O)(O)OP(=O)(O)O)CC2(F)C(F)(F)F)cc1F. The molecule has 23 heteroatoms. The second-order valence-corrected chi connectivity index (χ2v) is 10.6. The van der Waals surface area contributed by atoms with E-state index >= 15 is 0 Å². The molecule has 0 amide bonds. The minimum Gasteiger partial charge on any atom is -0.325 e. The molecule has 0 radical (unpaired) electrons. The average Bonchev–Trinajstić information content (AvgIpc) is 2.83. The first kappa shape index (κ1) is 27.4. The summed E-state index contributed by atoms with van der Waals surface area (Å²) in [7, 11) is -17.8. The predicted octanol–water partition coefficient (Wildman–Crippen LogP) is 1.90. The quantitative estimate of drug-likeness (QED) is 0.184. The van der Waals surface area contributed by atoms with Crippen molar-refractivity contribution in [2.75, 3.05) is 0 Å². The second-order valence-electron chi connectivity index (χ2n) is 5.82. The molecule has 0 aliphatic carbocycles. The van der Waals surface area contributed by atoms with E-state index in [2.05, 4.69) is 30.1 Å². The van der Waals surface area contributed by atoms with Gasteiger partial charge in [0.15, 0.2) is 17.3 Å². The lowest BCUT2D eigenvalue weighted by Gasteiger charge is -2.29. The Morgan fingerprint density at radius 2 is 1.75 bits per heavy atom. The van der Waals surface area contributed by atoms with Crippen molar-refractivity contribution in [2.45, 2.75) is 30.8 Å². The van der Waals surface area contributed by atoms with Gasteiger partial charge in [0.2, 0.25) is 5.82 Å². The summed E-state index contributed by atoms with van der Waals surface area (Å²) in [4.78, 5) is 48.0. The Kier molecular flexibility index (Phi) is 7.46. The van der Waals surface area contributed by atoms with Gasteiger partial charge in [-0.15, -0.1) is 0 Å². The maximum absolute atomic E-state index is 14.9. The molecule has 184 valence electrons. The first-order valence-electron chi connectivity index (χ1n) is 7.40. The fourth-order valence-electron chi connectivity index (χ4n) is 2.33. The molecule has 1 saturated heterocycles. The predicted molar refractivity (Wildman–Crippen MR) is 89.2 cm³/mol. The Morgan fingerprint density at radius 3 is 2.25 bits per heavy atom. The van der Waals surface area contributed by atoms with Gasteiger partial charge in [-0.2, -0.15) is 26.2 Å². The normalized spacial score (nSPS) is 28.3. The molecule has 1 aromatic rings. The van der Waals surface area contributed by atoms with Gasteiger partial charge in [-0.25, -0.2) is 18.1 Å². The number of rotatable bonds is 7. The highest BCUT2D eigenvalue weighted by Crippen LogP contribution is 2.67. The maximum Gasteiger partial charge on any atom is 0.490 e. The number of ether oxygens (including phenoxy) is 1. The number of hydrogen-bond donors (Lipinski definition) is 5. The molecule has 2 heterocycles. The van der Waals surface area contributed by atoms with E-state index in [9.17, 15) is 45.3 Å². The van der Waals surface area contributed by atoms with Crippen LogP contribution in [0.1, 0.15) is 12.6 Å². The van der Waals surface area contributed by atoms with Gasteiger partial charge in [0.1, 0.15) is 0 Å². The summed E-state index contributed by atoms with van der Waals surface area (Å²) >= 11 is 4.53. The highest BCUT2D eigenvalue weighted by atomic mass is 32.1. The molecular formula is C9H10F5N2O12P3S. The number of aromatic amines is 1. The van der Waals surface area contributed by atoms with Gasteiger partial charge in [-0.1, -0.05) is 0 Å². The van der Waals surface area contributed by atoms with Gasteiger partial charge >= 0.3 is 29.6 Å². The van der Waals surface area contributed by atoms with Crippen LogP contribution in [0, 0.1) is 10.6 Å². The Bertz CT molecular complexity index is 1150. The van der Waals surface area contributed by atoms with E-state index < -0.39 is 70.4 Å². The van der Waals surface area contributed by atoms with Crippen LogP contribution in [-0.4, -0.2) is 47.3 Å². The summed E-state index contributed by atoms with van der Waals surface area (Å²) in [5, 5.41) is 0. The molecule has 5 N–H and O–H groups in total. The number of nitrogens with one attached hydrogen (secondary N) is 1. The van der Waals surface area contributed by atoms with Crippen LogP contribution in [0.4, 0.5) is 22.0 Å². The summed E-state index contributed by atoms with van der Waals surface area (Å²) in [6.07, 6.45) is -13.3. The molecule has 5 atom stereocenters. The summed E-state index contributed by atoms with van der Waals surface area (Å²) in [6.45, 7) is 0. The van der Waals surface area contributed by atoms with Crippen LogP contribution in [0.2, 0.25) is 0 Å². The summed E-state index contributed by atoms with van der Waals surface area (Å²) in [5.41, 5.74) is -5.95. The van der Waals surface area contributed by atoms with E-state index in [1.807, 2.05) is 0 Å². The lowest BCUT2D eigenvalue weighted by atomic mass is 10.0. The second kappa shape index (κ2) is 8.72. The van der Waals surface area contributed by atoms with Crippen molar-refractivity contribution in [3.63, 3.8) is 0 Å². The third-order valence-electron chi connectivity index (χ3n) is 3.45. The monoisotopic (exact) mass is 558 g/mol. The molecule has 1 aliphatic heterocycles. The van der Waals surface area contributed by atoms with Crippen LogP contribution in [-0.2, 0) is 31.6 Å². The topological polar surface area (TPSA) is 207 Å². The summed E-state index contributed by atoms with van der Waals surface area (Å²) < 4.78 is 116. The number of phosphoric acid groups is 3. The van der Waals surface area contributed by atoms with Crippen molar-refractivity contribution in [3.8, 4) is 0 Å². The van der Waals surface area contributed by atoms with Crippen LogP contribution >= 0.6 is 35.7 Å². The summed E-state index contributed by atoms with van der Waals surface area (Å²) in [6, 6.07) is 0. The fourth-order valence-corrected chi connectivity index (χ4v) is 5.65. The third kappa shape index (κ3) is 6.37. The van der Waals surface area contributed by atoms with Crippen LogP contribution < -0.4 is 5.56 Å². The van der Waals surface area contributed by atoms with E-state index in [0.717, 1.165) is 0 Å². The van der Waals surface area contributed by atoms with E-state index in [1.165, 1.54) is 0 Å². The third-order valence-corrected chi connectivity index (χ3v) is 7.59. The highest BCUT2D eigenvalue weighted by molar-refractivity contribution is 7.71. The molecule has 1 aromatic heterocycles. The molecule has 0 saturated carbocycles. The van der Waals surface area contributed by atoms with Gasteiger partial charge in [-0.05, 0) is 12.2 Å². The Hall–Kier alpha value is -0.880. The van der Waals surface area contributed by atoms with Crippen molar-refractivity contribution in [1.82, 2.24) is 9.55 Å². The molecule has 0 spiro atoms. The van der Waals surface area contributed by atoms with Crippen LogP contribution in [0.15, 0.2) is 11.0 Å². The van der Waals surface area contributed by atoms with Crippen molar-refractivity contribution >= 4 is 35.7 Å². The minimum absolute atomic E-state index is 0.0140. The van der Waals surface area contributed by atoms with Crippen LogP contribution in [0.3, 0.4) is 0 Å². The van der Waals surface area contributed by atoms with Gasteiger partial charge in [0, 0.05) is 6.42 Å². The first-order chi connectivity index (χ1) is 14.2. The zero-order valence-corrected chi connectivity index (χ0v) is 18.1. The molecule has 3 unspecified atom stereocenters. The number of phosphoric ester groups is 1. The van der Waals surface area contributed by atoms with Crippen molar-refractivity contribution in [1.29, 1.82) is 0 Å². The number of halogens is 5. The van der Waals surface area contributed by atoms with E-state index in [4.69, 9.17) is 14.7 Å². The van der Waals surface area contributed by atoms with Gasteiger partial charge in [-0.3, -0.25) is 18.9 Å². The summed E-state index contributed by atoms with van der Waals surface area (Å²) in [5.74, 6) is -1.71. The largest absolute Gasteiger partial charge is 0.490 e. The van der Waals surface area contributed by atoms with Gasteiger partial charge in [0.05, 0.1) is 6.20 Å². The zero-order chi connectivity index (χ0) is 24.9. The Balaban J connectivity index is 2.37. The molecule has 0 aromatic carbocycles. The standard InChI is InChI=1S/C9H10F5N2O12P3S/c10-3-2-16(7(32)15-5(3)17)6-8(11,9(12,13)14)1-4(25-6)26-30(21,22)28-31(23,24)27-29(18,19)20/h2,4,6H,1H2,(H,21,22)(H,23,24)(H,15,17,32)(H2,18,19,20)/t4-,6-,8?/m1/s1. The molecular weight excluding hydrogens is 548 g/mol. The van der Waals surface area contributed by atoms with Gasteiger partial charge < -0.3 is 24.3 Å². The number of aromatic nitrogens is 2. The Labute approximate surface area is 177 Å². The maximum atomic E-state index is 14.9. The molecule has 1 aliphatic rings. The van der Waals surface area contributed by atoms with E-state index in [-0.39, 0.29) is 10.8 Å². The lowest BCUT2D eigenvalue weighted by molar-refractivity contribution is -0.257. The molecule has 2 rings (SSSR count). The average molecular weight is 558 g/mol. The van der Waals surface area contributed by atoms with Crippen LogP contribution in [0.5, 0.6) is 0 Å². The molecule has 1 fully saturated rings. The molecule has 32 heavy (non-hydrogen) atoms. The number of H-pyrrole nitrogens is 1. The smallest absolute Gasteiger partial charge is 0.325 e. The van der Waals surface area contributed by atoms with E-state index in [0.29, 0.717) is 0 Å². The van der Waals surface area contributed by atoms with Crippen molar-refractivity contribution in [3.05, 3.63) is 27.1 Å². The highest BCUT2D eigenvalue weighted by Gasteiger charge is 2.68.